The molecule has 3 heteroatoms. The van der Waals surface area contributed by atoms with Crippen LogP contribution in [0.1, 0.15) is 49.2 Å². The molecule has 0 unspecified atom stereocenters. The molecule has 0 spiro atoms. The number of rotatable bonds is 0. The number of hydrogen-bond donors (Lipinski definition) is 1. The smallest absolute Gasteiger partial charge is 0.124 e. The monoisotopic (exact) mass is 246 g/mol. The molecule has 0 aliphatic heterocycles. The van der Waals surface area contributed by atoms with E-state index in [9.17, 15) is 0 Å². The average molecular weight is 246 g/mol. The van der Waals surface area contributed by atoms with Gasteiger partial charge in [-0.15, -0.1) is 11.3 Å². The maximum Gasteiger partial charge on any atom is 0.124 e. The van der Waals surface area contributed by atoms with Gasteiger partial charge in [0, 0.05) is 16.3 Å². The van der Waals surface area contributed by atoms with Crippen molar-refractivity contribution in [3.05, 3.63) is 16.1 Å². The summed E-state index contributed by atoms with van der Waals surface area (Å²) in [6, 6.07) is 0. The average Bonchev–Trinajstić information content (AvgIpc) is 2.79. The minimum atomic E-state index is 0.0882. The van der Waals surface area contributed by atoms with Crippen LogP contribution in [0.5, 0.6) is 0 Å². The van der Waals surface area contributed by atoms with E-state index in [0.717, 1.165) is 23.5 Å². The first kappa shape index (κ1) is 11.3. The van der Waals surface area contributed by atoms with Crippen molar-refractivity contribution < 1.29 is 0 Å². The lowest BCUT2D eigenvalue weighted by Gasteiger charge is -2.33. The largest absolute Gasteiger partial charge is 0.325 e. The van der Waals surface area contributed by atoms with Crippen LogP contribution in [0.4, 0.5) is 0 Å². The van der Waals surface area contributed by atoms with Crippen molar-refractivity contribution in [3.8, 4) is 11.8 Å². The van der Waals surface area contributed by atoms with Crippen molar-refractivity contribution in [3.63, 3.8) is 0 Å². The van der Waals surface area contributed by atoms with Crippen molar-refractivity contribution in [1.29, 1.82) is 0 Å². The summed E-state index contributed by atoms with van der Waals surface area (Å²) in [5, 5.41) is 3.14. The summed E-state index contributed by atoms with van der Waals surface area (Å²) < 4.78 is 0. The van der Waals surface area contributed by atoms with Gasteiger partial charge in [-0.2, -0.15) is 0 Å². The lowest BCUT2D eigenvalue weighted by atomic mass is 9.74. The van der Waals surface area contributed by atoms with E-state index in [1.807, 2.05) is 12.3 Å². The van der Waals surface area contributed by atoms with Gasteiger partial charge < -0.3 is 5.73 Å². The van der Waals surface area contributed by atoms with E-state index in [0.29, 0.717) is 0 Å². The van der Waals surface area contributed by atoms with Crippen molar-refractivity contribution in [2.75, 3.05) is 0 Å². The van der Waals surface area contributed by atoms with Crippen LogP contribution in [0.2, 0.25) is 0 Å². The zero-order valence-corrected chi connectivity index (χ0v) is 11.1. The number of aromatic nitrogens is 1. The number of fused-ring (bicyclic) bond motifs is 2. The van der Waals surface area contributed by atoms with Gasteiger partial charge in [-0.25, -0.2) is 4.98 Å². The van der Waals surface area contributed by atoms with Gasteiger partial charge in [0.15, 0.2) is 0 Å². The Labute approximate surface area is 107 Å². The predicted octanol–water partition coefficient (Wildman–Crippen LogP) is 2.85. The molecular weight excluding hydrogens is 228 g/mol. The second kappa shape index (κ2) is 3.83. The van der Waals surface area contributed by atoms with Crippen molar-refractivity contribution in [2.45, 2.75) is 51.0 Å². The molecular formula is C14H18N2S. The summed E-state index contributed by atoms with van der Waals surface area (Å²) in [6.07, 6.45) is 7.07. The first-order chi connectivity index (χ1) is 8.09. The van der Waals surface area contributed by atoms with Crippen LogP contribution < -0.4 is 5.73 Å². The van der Waals surface area contributed by atoms with Gasteiger partial charge in [-0.05, 0) is 44.9 Å². The molecule has 1 aromatic heterocycles. The molecule has 0 aromatic carbocycles. The minimum Gasteiger partial charge on any atom is -0.325 e. The van der Waals surface area contributed by atoms with Crippen LogP contribution >= 0.6 is 11.3 Å². The van der Waals surface area contributed by atoms with Crippen LogP contribution in [0.15, 0.2) is 5.38 Å². The van der Waals surface area contributed by atoms with Crippen LogP contribution in [0.25, 0.3) is 0 Å². The second-order valence-corrected chi connectivity index (χ2v) is 6.74. The van der Waals surface area contributed by atoms with Gasteiger partial charge in [-0.3, -0.25) is 0 Å². The fourth-order valence-electron chi connectivity index (χ4n) is 3.33. The molecule has 2 saturated carbocycles. The molecule has 2 bridgehead atoms. The third-order valence-electron chi connectivity index (χ3n) is 4.20. The highest BCUT2D eigenvalue weighted by Crippen LogP contribution is 2.52. The Morgan fingerprint density at radius 3 is 3.00 bits per heavy atom. The van der Waals surface area contributed by atoms with E-state index in [1.165, 1.54) is 25.7 Å². The van der Waals surface area contributed by atoms with Gasteiger partial charge >= 0.3 is 0 Å². The normalized spacial score (nSPS) is 35.4. The molecule has 1 aromatic rings. The first-order valence-corrected chi connectivity index (χ1v) is 7.22. The van der Waals surface area contributed by atoms with Gasteiger partial charge in [-0.1, -0.05) is 12.3 Å². The second-order valence-electron chi connectivity index (χ2n) is 5.67. The van der Waals surface area contributed by atoms with Crippen molar-refractivity contribution in [2.24, 2.45) is 11.1 Å². The van der Waals surface area contributed by atoms with E-state index < -0.39 is 0 Å². The molecule has 2 aliphatic carbocycles. The standard InChI is InChI=1S/C14H18N2S/c1-11-16-12(9-17-11)3-6-13-4-2-5-14(15,10-13)8-7-13/h9H,2,4-5,7-8,10,15H2,1H3/t13-,14+/m0/s1. The van der Waals surface area contributed by atoms with Crippen LogP contribution in [0, 0.1) is 24.2 Å². The molecule has 0 saturated heterocycles. The topological polar surface area (TPSA) is 38.9 Å². The van der Waals surface area contributed by atoms with Gasteiger partial charge in [0.25, 0.3) is 0 Å². The lowest BCUT2D eigenvalue weighted by Crippen LogP contribution is -2.40. The van der Waals surface area contributed by atoms with Crippen molar-refractivity contribution >= 4 is 11.3 Å². The molecule has 2 fully saturated rings. The Kier molecular flexibility index (Phi) is 2.53. The van der Waals surface area contributed by atoms with E-state index in [4.69, 9.17) is 5.73 Å². The highest BCUT2D eigenvalue weighted by Gasteiger charge is 2.48. The SMILES string of the molecule is Cc1nc(C#C[C@@]23CCC[C@@](N)(CC2)C3)cs1. The quantitative estimate of drug-likeness (QED) is 0.715. The summed E-state index contributed by atoms with van der Waals surface area (Å²) in [5.41, 5.74) is 7.60. The van der Waals surface area contributed by atoms with E-state index in [-0.39, 0.29) is 11.0 Å². The third-order valence-corrected chi connectivity index (χ3v) is 4.97. The predicted molar refractivity (Wildman–Crippen MR) is 70.8 cm³/mol. The van der Waals surface area contributed by atoms with Crippen molar-refractivity contribution in [1.82, 2.24) is 4.98 Å². The fourth-order valence-corrected chi connectivity index (χ4v) is 3.88. The molecule has 1 heterocycles. The zero-order chi connectivity index (χ0) is 11.9. The van der Waals surface area contributed by atoms with Gasteiger partial charge in [0.2, 0.25) is 0 Å². The highest BCUT2D eigenvalue weighted by molar-refractivity contribution is 7.09. The molecule has 2 nitrogen and oxygen atoms in total. The molecule has 0 amide bonds. The Morgan fingerprint density at radius 1 is 1.35 bits per heavy atom. The zero-order valence-electron chi connectivity index (χ0n) is 10.3. The van der Waals surface area contributed by atoms with E-state index >= 15 is 0 Å². The number of hydrogen-bond acceptors (Lipinski definition) is 3. The maximum atomic E-state index is 6.38. The number of nitrogens with zero attached hydrogens (tertiary/aromatic N) is 1. The molecule has 0 radical (unpaired) electrons. The summed E-state index contributed by atoms with van der Waals surface area (Å²) in [5.74, 6) is 6.76. The first-order valence-electron chi connectivity index (χ1n) is 6.34. The number of nitrogens with two attached hydrogens (primary N) is 1. The Morgan fingerprint density at radius 2 is 2.24 bits per heavy atom. The van der Waals surface area contributed by atoms with Crippen LogP contribution in [0.3, 0.4) is 0 Å². The highest BCUT2D eigenvalue weighted by atomic mass is 32.1. The summed E-state index contributed by atoms with van der Waals surface area (Å²) in [7, 11) is 0. The number of aryl methyl sites for hydroxylation is 1. The minimum absolute atomic E-state index is 0.0882. The van der Waals surface area contributed by atoms with Gasteiger partial charge in [0.1, 0.15) is 5.69 Å². The summed E-state index contributed by atoms with van der Waals surface area (Å²) in [4.78, 5) is 4.41. The Hall–Kier alpha value is -0.850. The molecule has 2 aliphatic rings. The van der Waals surface area contributed by atoms with E-state index in [1.54, 1.807) is 11.3 Å². The molecule has 2 atom stereocenters. The Balaban J connectivity index is 1.84. The number of thiazole rings is 1. The summed E-state index contributed by atoms with van der Waals surface area (Å²) in [6.45, 7) is 2.02. The molecule has 3 rings (SSSR count). The van der Waals surface area contributed by atoms with Gasteiger partial charge in [0.05, 0.1) is 5.01 Å². The van der Waals surface area contributed by atoms with Crippen LogP contribution in [-0.2, 0) is 0 Å². The molecule has 2 N–H and O–H groups in total. The Bertz CT molecular complexity index is 496. The molecule has 17 heavy (non-hydrogen) atoms. The maximum absolute atomic E-state index is 6.38. The fraction of sp³-hybridized carbons (Fsp3) is 0.643. The third kappa shape index (κ3) is 2.12. The van der Waals surface area contributed by atoms with E-state index in [2.05, 4.69) is 16.8 Å². The van der Waals surface area contributed by atoms with Crippen LogP contribution in [-0.4, -0.2) is 10.5 Å². The summed E-state index contributed by atoms with van der Waals surface area (Å²) >= 11 is 1.67. The lowest BCUT2D eigenvalue weighted by molar-refractivity contribution is 0.257. The molecule has 90 valence electrons.